The molecule has 1 amide bonds. The van der Waals surface area contributed by atoms with Crippen molar-refractivity contribution in [1.29, 1.82) is 0 Å². The number of carbonyl (C=O) groups excluding carboxylic acids is 1. The van der Waals surface area contributed by atoms with Crippen molar-refractivity contribution in [3.8, 4) is 0 Å². The summed E-state index contributed by atoms with van der Waals surface area (Å²) in [6, 6.07) is 0. The maximum absolute atomic E-state index is 11.3. The summed E-state index contributed by atoms with van der Waals surface area (Å²) in [5.74, 6) is 3.08. The molecule has 0 atom stereocenters. The number of rotatable bonds is 6. The van der Waals surface area contributed by atoms with Crippen LogP contribution in [0.5, 0.6) is 0 Å². The molecular formula is C10H20N2O2S. The van der Waals surface area contributed by atoms with E-state index in [4.69, 9.17) is 10.5 Å². The molecule has 1 fully saturated rings. The number of ether oxygens (including phenoxy) is 1. The van der Waals surface area contributed by atoms with Crippen LogP contribution in [-0.2, 0) is 9.53 Å². The first-order chi connectivity index (χ1) is 7.33. The lowest BCUT2D eigenvalue weighted by atomic mass is 10.0. The van der Waals surface area contributed by atoms with Gasteiger partial charge in [-0.3, -0.25) is 4.79 Å². The van der Waals surface area contributed by atoms with Gasteiger partial charge in [-0.25, -0.2) is 0 Å². The van der Waals surface area contributed by atoms with Crippen LogP contribution in [-0.4, -0.2) is 43.7 Å². The van der Waals surface area contributed by atoms with E-state index in [0.29, 0.717) is 19.1 Å². The van der Waals surface area contributed by atoms with Crippen molar-refractivity contribution in [2.45, 2.75) is 12.8 Å². The molecule has 1 heterocycles. The van der Waals surface area contributed by atoms with Crippen molar-refractivity contribution in [2.24, 2.45) is 11.7 Å². The molecular weight excluding hydrogens is 212 g/mol. The first-order valence-corrected chi connectivity index (χ1v) is 6.60. The fourth-order valence-corrected chi connectivity index (χ4v) is 2.71. The maximum Gasteiger partial charge on any atom is 0.246 e. The summed E-state index contributed by atoms with van der Waals surface area (Å²) in [7, 11) is 0. The summed E-state index contributed by atoms with van der Waals surface area (Å²) < 4.78 is 5.04. The number of amides is 1. The van der Waals surface area contributed by atoms with E-state index in [1.54, 1.807) is 0 Å². The van der Waals surface area contributed by atoms with E-state index < -0.39 is 0 Å². The summed E-state index contributed by atoms with van der Waals surface area (Å²) in [6.07, 6.45) is 2.43. The van der Waals surface area contributed by atoms with Gasteiger partial charge < -0.3 is 15.8 Å². The molecule has 0 bridgehead atoms. The molecule has 0 aliphatic carbocycles. The summed E-state index contributed by atoms with van der Waals surface area (Å²) in [4.78, 5) is 11.3. The standard InChI is InChI=1S/C10H20N2O2S/c11-3-4-14-8-10(13)12-7-9-1-5-15-6-2-9/h9H,1-8,11H2,(H,12,13). The molecule has 15 heavy (non-hydrogen) atoms. The van der Waals surface area contributed by atoms with Crippen molar-refractivity contribution in [1.82, 2.24) is 5.32 Å². The zero-order valence-corrected chi connectivity index (χ0v) is 9.85. The molecule has 1 rings (SSSR count). The molecule has 4 nitrogen and oxygen atoms in total. The van der Waals surface area contributed by atoms with Gasteiger partial charge >= 0.3 is 0 Å². The summed E-state index contributed by atoms with van der Waals surface area (Å²) >= 11 is 2.00. The van der Waals surface area contributed by atoms with Gasteiger partial charge in [0.2, 0.25) is 5.91 Å². The highest BCUT2D eigenvalue weighted by atomic mass is 32.2. The predicted molar refractivity (Wildman–Crippen MR) is 62.9 cm³/mol. The van der Waals surface area contributed by atoms with Crippen LogP contribution in [0, 0.1) is 5.92 Å². The Balaban J connectivity index is 2.00. The Kier molecular flexibility index (Phi) is 6.80. The molecule has 5 heteroatoms. The van der Waals surface area contributed by atoms with Crippen LogP contribution in [0.4, 0.5) is 0 Å². The van der Waals surface area contributed by atoms with Gasteiger partial charge in [0, 0.05) is 13.1 Å². The number of nitrogens with two attached hydrogens (primary N) is 1. The topological polar surface area (TPSA) is 64.3 Å². The molecule has 1 aliphatic heterocycles. The Bertz CT molecular complexity index is 184. The van der Waals surface area contributed by atoms with Gasteiger partial charge in [-0.15, -0.1) is 0 Å². The molecule has 1 saturated heterocycles. The Hall–Kier alpha value is -0.260. The van der Waals surface area contributed by atoms with Gasteiger partial charge in [0.15, 0.2) is 0 Å². The number of carbonyl (C=O) groups is 1. The van der Waals surface area contributed by atoms with Crippen LogP contribution in [0.1, 0.15) is 12.8 Å². The second-order valence-corrected chi connectivity index (χ2v) is 4.93. The average molecular weight is 232 g/mol. The smallest absolute Gasteiger partial charge is 0.246 e. The quantitative estimate of drug-likeness (QED) is 0.643. The van der Waals surface area contributed by atoms with Crippen LogP contribution in [0.15, 0.2) is 0 Å². The third kappa shape index (κ3) is 6.02. The SMILES string of the molecule is NCCOCC(=O)NCC1CCSCC1. The fourth-order valence-electron chi connectivity index (χ4n) is 1.51. The van der Waals surface area contributed by atoms with E-state index >= 15 is 0 Å². The van der Waals surface area contributed by atoms with E-state index in [0.717, 1.165) is 6.54 Å². The van der Waals surface area contributed by atoms with Crippen LogP contribution in [0.2, 0.25) is 0 Å². The van der Waals surface area contributed by atoms with E-state index in [1.807, 2.05) is 11.8 Å². The zero-order chi connectivity index (χ0) is 10.9. The second-order valence-electron chi connectivity index (χ2n) is 3.70. The van der Waals surface area contributed by atoms with Crippen LogP contribution >= 0.6 is 11.8 Å². The van der Waals surface area contributed by atoms with Gasteiger partial charge in [-0.1, -0.05) is 0 Å². The van der Waals surface area contributed by atoms with Gasteiger partial charge in [-0.2, -0.15) is 11.8 Å². The van der Waals surface area contributed by atoms with Crippen molar-refractivity contribution in [3.05, 3.63) is 0 Å². The van der Waals surface area contributed by atoms with E-state index in [9.17, 15) is 4.79 Å². The van der Waals surface area contributed by atoms with Crippen molar-refractivity contribution in [2.75, 3.05) is 37.8 Å². The highest BCUT2D eigenvalue weighted by molar-refractivity contribution is 7.99. The third-order valence-corrected chi connectivity index (χ3v) is 3.47. The summed E-state index contributed by atoms with van der Waals surface area (Å²) in [5, 5.41) is 2.90. The molecule has 88 valence electrons. The zero-order valence-electron chi connectivity index (χ0n) is 9.04. The Morgan fingerprint density at radius 1 is 1.47 bits per heavy atom. The molecule has 0 radical (unpaired) electrons. The molecule has 1 aliphatic rings. The van der Waals surface area contributed by atoms with Crippen LogP contribution < -0.4 is 11.1 Å². The fraction of sp³-hybridized carbons (Fsp3) is 0.900. The predicted octanol–water partition coefficient (Wildman–Crippen LogP) is 0.221. The lowest BCUT2D eigenvalue weighted by molar-refractivity contribution is -0.125. The molecule has 0 aromatic carbocycles. The molecule has 0 saturated carbocycles. The normalized spacial score (nSPS) is 17.7. The largest absolute Gasteiger partial charge is 0.370 e. The third-order valence-electron chi connectivity index (χ3n) is 2.42. The number of hydrogen-bond acceptors (Lipinski definition) is 4. The summed E-state index contributed by atoms with van der Waals surface area (Å²) in [6.45, 7) is 1.85. The minimum atomic E-state index is -0.0262. The molecule has 0 unspecified atom stereocenters. The first-order valence-electron chi connectivity index (χ1n) is 5.45. The minimum Gasteiger partial charge on any atom is -0.370 e. The van der Waals surface area contributed by atoms with E-state index in [1.165, 1.54) is 24.3 Å². The highest BCUT2D eigenvalue weighted by Gasteiger charge is 2.14. The van der Waals surface area contributed by atoms with Crippen molar-refractivity contribution < 1.29 is 9.53 Å². The Labute approximate surface area is 95.3 Å². The average Bonchev–Trinajstić information content (AvgIpc) is 2.28. The first kappa shape index (κ1) is 12.8. The molecule has 0 spiro atoms. The minimum absolute atomic E-state index is 0.0262. The second kappa shape index (κ2) is 7.96. The van der Waals surface area contributed by atoms with Gasteiger partial charge in [0.05, 0.1) is 6.61 Å². The van der Waals surface area contributed by atoms with Crippen molar-refractivity contribution >= 4 is 17.7 Å². The maximum atomic E-state index is 11.3. The van der Waals surface area contributed by atoms with Crippen molar-refractivity contribution in [3.63, 3.8) is 0 Å². The lowest BCUT2D eigenvalue weighted by Crippen LogP contribution is -2.33. The summed E-state index contributed by atoms with van der Waals surface area (Å²) in [5.41, 5.74) is 5.25. The highest BCUT2D eigenvalue weighted by Crippen LogP contribution is 2.21. The molecule has 0 aromatic rings. The number of nitrogens with one attached hydrogen (secondary N) is 1. The van der Waals surface area contributed by atoms with Gasteiger partial charge in [0.25, 0.3) is 0 Å². The number of hydrogen-bond donors (Lipinski definition) is 2. The Morgan fingerprint density at radius 2 is 2.20 bits per heavy atom. The van der Waals surface area contributed by atoms with E-state index in [2.05, 4.69) is 5.32 Å². The van der Waals surface area contributed by atoms with Crippen LogP contribution in [0.25, 0.3) is 0 Å². The van der Waals surface area contributed by atoms with Gasteiger partial charge in [0.1, 0.15) is 6.61 Å². The molecule has 3 N–H and O–H groups in total. The van der Waals surface area contributed by atoms with E-state index in [-0.39, 0.29) is 12.5 Å². The monoisotopic (exact) mass is 232 g/mol. The number of thioether (sulfide) groups is 1. The van der Waals surface area contributed by atoms with Crippen LogP contribution in [0.3, 0.4) is 0 Å². The molecule has 0 aromatic heterocycles. The Morgan fingerprint density at radius 3 is 2.87 bits per heavy atom. The lowest BCUT2D eigenvalue weighted by Gasteiger charge is -2.21. The van der Waals surface area contributed by atoms with Gasteiger partial charge in [-0.05, 0) is 30.3 Å².